The molecule has 368 valence electrons. The lowest BCUT2D eigenvalue weighted by molar-refractivity contribution is -0.255. The van der Waals surface area contributed by atoms with E-state index in [0.717, 1.165) is 60.8 Å². The molecule has 1 amide bonds. The molecule has 0 aromatic heterocycles. The number of nitrogens with zero attached hydrogens (tertiary/aromatic N) is 3. The number of ether oxygens (including phenoxy) is 4. The van der Waals surface area contributed by atoms with E-state index in [1.54, 1.807) is 47.4 Å². The summed E-state index contributed by atoms with van der Waals surface area (Å²) in [4.78, 5) is 23.5. The molecule has 5 aromatic carbocycles. The van der Waals surface area contributed by atoms with E-state index >= 15 is 4.79 Å². The number of halogens is 1. The van der Waals surface area contributed by atoms with Crippen LogP contribution < -0.4 is 9.47 Å². The maximum Gasteiger partial charge on any atom is 0.254 e. The van der Waals surface area contributed by atoms with Gasteiger partial charge in [-0.2, -0.15) is 5.26 Å². The summed E-state index contributed by atoms with van der Waals surface area (Å²) in [6, 6.07) is 38.0. The minimum atomic E-state index is -1.55. The van der Waals surface area contributed by atoms with Gasteiger partial charge >= 0.3 is 0 Å². The molecular formula is C59H62FN3O8. The van der Waals surface area contributed by atoms with E-state index in [9.17, 15) is 19.9 Å². The number of unbranched alkanes of at least 4 members (excludes halogenated alkanes) is 2. The molecule has 0 spiro atoms. The van der Waals surface area contributed by atoms with Crippen molar-refractivity contribution in [3.8, 4) is 34.4 Å². The molecule has 2 fully saturated rings. The number of benzene rings is 5. The normalized spacial score (nSPS) is 23.8. The van der Waals surface area contributed by atoms with Gasteiger partial charge < -0.3 is 38.9 Å². The quantitative estimate of drug-likeness (QED) is 0.0443. The standard InChI is InChI=1S/C59H62FN3O8/c1-2-33-68-59-54(63(39-41-19-25-46(60)26-20-41)58(66)44-21-17-40(38-61)18-22-44)37-52(62-71-55-16-8-11-34-67-55)50-35-45(14-6-9-31-64)49(15-7-10-32-65)56(57(50)59)51-36-48(29-30-53(51)70-59)69-47-27-23-43(24-28-47)42-12-4-3-5-13-42/h2-5,12-13,17-30,35-36,45,49,54-57,64-65H,1,6-11,14-16,31-34,37,39H2. The van der Waals surface area contributed by atoms with E-state index < -0.39 is 29.9 Å². The zero-order chi connectivity index (χ0) is 49.2. The molecule has 71 heavy (non-hydrogen) atoms. The average Bonchev–Trinajstić information content (AvgIpc) is 3.41. The number of hydrogen-bond acceptors (Lipinski definition) is 10. The summed E-state index contributed by atoms with van der Waals surface area (Å²) < 4.78 is 41.9. The van der Waals surface area contributed by atoms with E-state index in [2.05, 4.69) is 36.9 Å². The van der Waals surface area contributed by atoms with Gasteiger partial charge in [-0.15, -0.1) is 6.58 Å². The number of aliphatic hydroxyl groups is 2. The van der Waals surface area contributed by atoms with E-state index in [1.807, 2.05) is 54.6 Å². The number of allylic oxidation sites excluding steroid dienone is 1. The van der Waals surface area contributed by atoms with Crippen LogP contribution >= 0.6 is 0 Å². The summed E-state index contributed by atoms with van der Waals surface area (Å²) in [5.41, 5.74) is 6.05. The van der Waals surface area contributed by atoms with Crippen molar-refractivity contribution in [1.82, 2.24) is 4.90 Å². The molecule has 7 atom stereocenters. The number of rotatable bonds is 20. The highest BCUT2D eigenvalue weighted by Gasteiger charge is 2.65. The Morgan fingerprint density at radius 1 is 0.887 bits per heavy atom. The van der Waals surface area contributed by atoms with E-state index in [0.29, 0.717) is 65.5 Å². The Morgan fingerprint density at radius 2 is 1.62 bits per heavy atom. The van der Waals surface area contributed by atoms with Crippen molar-refractivity contribution in [3.05, 3.63) is 174 Å². The van der Waals surface area contributed by atoms with Gasteiger partial charge in [0.05, 0.1) is 36.5 Å². The maximum absolute atomic E-state index is 15.4. The Morgan fingerprint density at radius 3 is 2.32 bits per heavy atom. The van der Waals surface area contributed by atoms with Crippen LogP contribution in [0, 0.1) is 34.9 Å². The molecule has 9 rings (SSSR count). The predicted octanol–water partition coefficient (Wildman–Crippen LogP) is 11.7. The Kier molecular flexibility index (Phi) is 16.0. The van der Waals surface area contributed by atoms with Crippen molar-refractivity contribution in [1.29, 1.82) is 5.26 Å². The molecule has 0 radical (unpaired) electrons. The van der Waals surface area contributed by atoms with Gasteiger partial charge in [0.2, 0.25) is 12.1 Å². The largest absolute Gasteiger partial charge is 0.459 e. The Hall–Kier alpha value is -6.62. The summed E-state index contributed by atoms with van der Waals surface area (Å²) >= 11 is 0. The number of carbonyl (C=O) groups is 1. The molecule has 12 heteroatoms. The van der Waals surface area contributed by atoms with Crippen LogP contribution in [0.25, 0.3) is 11.1 Å². The molecule has 2 aliphatic carbocycles. The summed E-state index contributed by atoms with van der Waals surface area (Å²) in [7, 11) is 0. The SMILES string of the molecule is C=CCOC12Oc3ccc(Oc4ccc(-c5ccccc5)cc4)cc3C3C(CCCCO)C(CCCCO)C=C(C(=NOC4CCCCO4)CC1N(Cc1ccc(F)cc1)C(=O)c1ccc(C#N)cc1)C32. The third-order valence-corrected chi connectivity index (χ3v) is 14.4. The second kappa shape index (κ2) is 23.1. The first kappa shape index (κ1) is 49.4. The van der Waals surface area contributed by atoms with Crippen LogP contribution in [0.3, 0.4) is 0 Å². The van der Waals surface area contributed by atoms with Gasteiger partial charge in [-0.05, 0) is 139 Å². The van der Waals surface area contributed by atoms with Crippen LogP contribution in [0.15, 0.2) is 151 Å². The number of oxime groups is 1. The maximum atomic E-state index is 15.4. The fourth-order valence-corrected chi connectivity index (χ4v) is 11.1. The number of amides is 1. The second-order valence-electron chi connectivity index (χ2n) is 18.9. The van der Waals surface area contributed by atoms with E-state index in [1.165, 1.54) is 12.1 Å². The zero-order valence-corrected chi connectivity index (χ0v) is 40.0. The van der Waals surface area contributed by atoms with Gasteiger partial charge in [0, 0.05) is 49.6 Å². The molecule has 4 aliphatic rings. The van der Waals surface area contributed by atoms with Crippen LogP contribution in [-0.4, -0.2) is 71.3 Å². The molecule has 2 aliphatic heterocycles. The first-order valence-electron chi connectivity index (χ1n) is 25.1. The molecule has 7 unspecified atom stereocenters. The number of aliphatic hydroxyl groups excluding tert-OH is 2. The van der Waals surface area contributed by atoms with Crippen LogP contribution in [0.5, 0.6) is 17.2 Å². The Balaban J connectivity index is 1.23. The van der Waals surface area contributed by atoms with E-state index in [4.69, 9.17) is 28.9 Å². The van der Waals surface area contributed by atoms with Crippen molar-refractivity contribution < 1.29 is 43.2 Å². The lowest BCUT2D eigenvalue weighted by Gasteiger charge is -2.60. The summed E-state index contributed by atoms with van der Waals surface area (Å²) in [6.45, 7) is 4.89. The van der Waals surface area contributed by atoms with Gasteiger partial charge in [-0.25, -0.2) is 4.39 Å². The van der Waals surface area contributed by atoms with Crippen molar-refractivity contribution in [2.45, 2.75) is 94.8 Å². The fourth-order valence-electron chi connectivity index (χ4n) is 11.1. The van der Waals surface area contributed by atoms with Crippen LogP contribution in [0.4, 0.5) is 4.39 Å². The molecule has 1 saturated heterocycles. The predicted molar refractivity (Wildman–Crippen MR) is 269 cm³/mol. The smallest absolute Gasteiger partial charge is 0.254 e. The van der Waals surface area contributed by atoms with Gasteiger partial charge in [0.25, 0.3) is 5.91 Å². The molecule has 11 nitrogen and oxygen atoms in total. The highest BCUT2D eigenvalue weighted by atomic mass is 19.1. The third-order valence-electron chi connectivity index (χ3n) is 14.4. The van der Waals surface area contributed by atoms with Crippen LogP contribution in [0.2, 0.25) is 0 Å². The third kappa shape index (κ3) is 11.0. The zero-order valence-electron chi connectivity index (χ0n) is 40.0. The van der Waals surface area contributed by atoms with Gasteiger partial charge in [0.1, 0.15) is 29.1 Å². The summed E-state index contributed by atoms with van der Waals surface area (Å²) in [6.07, 6.45) is 10.5. The van der Waals surface area contributed by atoms with Gasteiger partial charge in [-0.1, -0.05) is 84.7 Å². The number of nitriles is 1. The molecular weight excluding hydrogens is 898 g/mol. The van der Waals surface area contributed by atoms with Crippen molar-refractivity contribution in [3.63, 3.8) is 0 Å². The molecule has 0 bridgehead atoms. The highest BCUT2D eigenvalue weighted by molar-refractivity contribution is 6.03. The number of hydrogen-bond donors (Lipinski definition) is 2. The highest BCUT2D eigenvalue weighted by Crippen LogP contribution is 2.62. The lowest BCUT2D eigenvalue weighted by Crippen LogP contribution is -2.70. The summed E-state index contributed by atoms with van der Waals surface area (Å²) in [5.74, 6) is -1.34. The minimum Gasteiger partial charge on any atom is -0.459 e. The molecule has 2 heterocycles. The van der Waals surface area contributed by atoms with E-state index in [-0.39, 0.29) is 56.4 Å². The summed E-state index contributed by atoms with van der Waals surface area (Å²) in [5, 5.41) is 34.8. The van der Waals surface area contributed by atoms with Crippen molar-refractivity contribution in [2.75, 3.05) is 26.4 Å². The minimum absolute atomic E-state index is 0.0120. The lowest BCUT2D eigenvalue weighted by atomic mass is 9.55. The molecule has 2 N–H and O–H groups in total. The van der Waals surface area contributed by atoms with Crippen molar-refractivity contribution in [2.24, 2.45) is 22.9 Å². The first-order chi connectivity index (χ1) is 34.8. The monoisotopic (exact) mass is 959 g/mol. The van der Waals surface area contributed by atoms with Crippen LogP contribution in [0.1, 0.15) is 97.2 Å². The van der Waals surface area contributed by atoms with Crippen molar-refractivity contribution >= 4 is 11.6 Å². The topological polar surface area (TPSA) is 143 Å². The molecule has 1 saturated carbocycles. The van der Waals surface area contributed by atoms with Crippen LogP contribution in [-0.2, 0) is 20.9 Å². The van der Waals surface area contributed by atoms with Gasteiger partial charge in [-0.3, -0.25) is 4.79 Å². The second-order valence-corrected chi connectivity index (χ2v) is 18.9. The molecule has 5 aromatic rings. The van der Waals surface area contributed by atoms with Gasteiger partial charge in [0.15, 0.2) is 0 Å². The fraction of sp³-hybridized carbons (Fsp3) is 0.373. The Labute approximate surface area is 415 Å². The first-order valence-corrected chi connectivity index (χ1v) is 25.1. The number of fused-ring (bicyclic) bond motifs is 2. The Bertz CT molecular complexity index is 2700. The number of carbonyl (C=O) groups excluding carboxylic acids is 1. The average molecular weight is 960 g/mol.